The lowest BCUT2D eigenvalue weighted by Gasteiger charge is -2.00. The highest BCUT2D eigenvalue weighted by Gasteiger charge is 2.05. The standard InChI is InChI=1S/C11H8BrNOS/c1-7-4-10(13-5-9(7)12)11-3-2-8(6-14)15-11/h2-6H,1H3. The van der Waals surface area contributed by atoms with E-state index in [0.29, 0.717) is 0 Å². The van der Waals surface area contributed by atoms with E-state index in [4.69, 9.17) is 0 Å². The van der Waals surface area contributed by atoms with Crippen molar-refractivity contribution in [2.75, 3.05) is 0 Å². The fourth-order valence-electron chi connectivity index (χ4n) is 1.23. The number of aromatic nitrogens is 1. The molecule has 0 aliphatic rings. The van der Waals surface area contributed by atoms with Gasteiger partial charge in [0.1, 0.15) is 0 Å². The van der Waals surface area contributed by atoms with Crippen molar-refractivity contribution in [1.82, 2.24) is 4.98 Å². The van der Waals surface area contributed by atoms with Crippen LogP contribution in [0.3, 0.4) is 0 Å². The van der Waals surface area contributed by atoms with E-state index in [0.717, 1.165) is 31.8 Å². The highest BCUT2D eigenvalue weighted by Crippen LogP contribution is 2.27. The van der Waals surface area contributed by atoms with E-state index in [-0.39, 0.29) is 0 Å². The number of nitrogens with zero attached hydrogens (tertiary/aromatic N) is 1. The lowest BCUT2D eigenvalue weighted by molar-refractivity contribution is 0.112. The maximum atomic E-state index is 10.6. The molecule has 0 aliphatic heterocycles. The van der Waals surface area contributed by atoms with Gasteiger partial charge in [0.25, 0.3) is 0 Å². The van der Waals surface area contributed by atoms with Crippen LogP contribution < -0.4 is 0 Å². The van der Waals surface area contributed by atoms with Gasteiger partial charge in [0.05, 0.1) is 15.4 Å². The molecule has 0 spiro atoms. The van der Waals surface area contributed by atoms with Crippen LogP contribution in [0.4, 0.5) is 0 Å². The van der Waals surface area contributed by atoms with Crippen molar-refractivity contribution in [3.8, 4) is 10.6 Å². The second kappa shape index (κ2) is 4.24. The van der Waals surface area contributed by atoms with Crippen molar-refractivity contribution in [3.05, 3.63) is 39.3 Å². The van der Waals surface area contributed by atoms with Crippen LogP contribution in [-0.4, -0.2) is 11.3 Å². The first-order chi connectivity index (χ1) is 7.20. The Labute approximate surface area is 100 Å². The Balaban J connectivity index is 2.44. The number of aldehydes is 1. The number of rotatable bonds is 2. The van der Waals surface area contributed by atoms with E-state index < -0.39 is 0 Å². The summed E-state index contributed by atoms with van der Waals surface area (Å²) in [5.41, 5.74) is 2.05. The summed E-state index contributed by atoms with van der Waals surface area (Å²) in [5.74, 6) is 0. The first-order valence-corrected chi connectivity index (χ1v) is 5.99. The van der Waals surface area contributed by atoms with Gasteiger partial charge in [0.15, 0.2) is 6.29 Å². The molecule has 0 radical (unpaired) electrons. The maximum Gasteiger partial charge on any atom is 0.160 e. The van der Waals surface area contributed by atoms with Crippen molar-refractivity contribution in [2.24, 2.45) is 0 Å². The third kappa shape index (κ3) is 2.16. The number of aryl methyl sites for hydroxylation is 1. The largest absolute Gasteiger partial charge is 0.297 e. The van der Waals surface area contributed by atoms with E-state index in [9.17, 15) is 4.79 Å². The molecule has 2 aromatic heterocycles. The molecule has 0 bridgehead atoms. The lowest BCUT2D eigenvalue weighted by Crippen LogP contribution is -1.83. The van der Waals surface area contributed by atoms with Gasteiger partial charge in [-0.25, -0.2) is 0 Å². The topological polar surface area (TPSA) is 30.0 Å². The number of hydrogen-bond donors (Lipinski definition) is 0. The van der Waals surface area contributed by atoms with Crippen LogP contribution in [0.1, 0.15) is 15.2 Å². The SMILES string of the molecule is Cc1cc(-c2ccc(C=O)s2)ncc1Br. The molecule has 0 aromatic carbocycles. The fraction of sp³-hybridized carbons (Fsp3) is 0.0909. The smallest absolute Gasteiger partial charge is 0.160 e. The molecule has 0 aliphatic carbocycles. The molecule has 0 amide bonds. The van der Waals surface area contributed by atoms with Crippen LogP contribution in [0.25, 0.3) is 10.6 Å². The molecule has 0 saturated heterocycles. The second-order valence-corrected chi connectivity index (χ2v) is 5.11. The molecule has 2 heterocycles. The zero-order chi connectivity index (χ0) is 10.8. The number of halogens is 1. The number of hydrogen-bond acceptors (Lipinski definition) is 3. The van der Waals surface area contributed by atoms with Crippen molar-refractivity contribution in [1.29, 1.82) is 0 Å². The van der Waals surface area contributed by atoms with Gasteiger partial charge in [-0.2, -0.15) is 0 Å². The van der Waals surface area contributed by atoms with Crippen LogP contribution in [0, 0.1) is 6.92 Å². The molecule has 2 aromatic rings. The number of thiophene rings is 1. The summed E-state index contributed by atoms with van der Waals surface area (Å²) in [6, 6.07) is 5.74. The van der Waals surface area contributed by atoms with Gasteiger partial charge in [-0.3, -0.25) is 9.78 Å². The normalized spacial score (nSPS) is 10.3. The summed E-state index contributed by atoms with van der Waals surface area (Å²) in [4.78, 5) is 16.6. The summed E-state index contributed by atoms with van der Waals surface area (Å²) in [5, 5.41) is 0. The predicted octanol–water partition coefficient (Wildman–Crippen LogP) is 3.69. The Morgan fingerprint density at radius 3 is 2.87 bits per heavy atom. The number of carbonyl (C=O) groups is 1. The zero-order valence-electron chi connectivity index (χ0n) is 8.03. The molecule has 0 atom stereocenters. The highest BCUT2D eigenvalue weighted by atomic mass is 79.9. The third-order valence-corrected chi connectivity index (χ3v) is 3.91. The second-order valence-electron chi connectivity index (χ2n) is 3.14. The fourth-order valence-corrected chi connectivity index (χ4v) is 2.24. The summed E-state index contributed by atoms with van der Waals surface area (Å²) in [7, 11) is 0. The molecular formula is C11H8BrNOS. The molecule has 4 heteroatoms. The highest BCUT2D eigenvalue weighted by molar-refractivity contribution is 9.10. The van der Waals surface area contributed by atoms with Crippen molar-refractivity contribution >= 4 is 33.6 Å². The van der Waals surface area contributed by atoms with Gasteiger partial charge in [-0.15, -0.1) is 11.3 Å². The van der Waals surface area contributed by atoms with E-state index in [2.05, 4.69) is 20.9 Å². The van der Waals surface area contributed by atoms with Crippen molar-refractivity contribution < 1.29 is 4.79 Å². The zero-order valence-corrected chi connectivity index (χ0v) is 10.4. The van der Waals surface area contributed by atoms with Crippen molar-refractivity contribution in [2.45, 2.75) is 6.92 Å². The van der Waals surface area contributed by atoms with Gasteiger partial charge in [-0.05, 0) is 46.6 Å². The van der Waals surface area contributed by atoms with Gasteiger partial charge in [0.2, 0.25) is 0 Å². The van der Waals surface area contributed by atoms with E-state index >= 15 is 0 Å². The first-order valence-electron chi connectivity index (χ1n) is 4.38. The number of pyridine rings is 1. The van der Waals surface area contributed by atoms with Crippen LogP contribution >= 0.6 is 27.3 Å². The molecule has 0 saturated carbocycles. The molecule has 2 nitrogen and oxygen atoms in total. The van der Waals surface area contributed by atoms with E-state index in [1.165, 1.54) is 11.3 Å². The minimum atomic E-state index is 0.729. The van der Waals surface area contributed by atoms with Crippen molar-refractivity contribution in [3.63, 3.8) is 0 Å². The third-order valence-electron chi connectivity index (χ3n) is 2.04. The Hall–Kier alpha value is -1.00. The summed E-state index contributed by atoms with van der Waals surface area (Å²) < 4.78 is 0.999. The van der Waals surface area contributed by atoms with Gasteiger partial charge in [-0.1, -0.05) is 0 Å². The van der Waals surface area contributed by atoms with Crippen LogP contribution in [0.15, 0.2) is 28.9 Å². The molecule has 0 N–H and O–H groups in total. The maximum absolute atomic E-state index is 10.6. The van der Waals surface area contributed by atoms with Gasteiger partial charge < -0.3 is 0 Å². The average Bonchev–Trinajstić information content (AvgIpc) is 2.70. The lowest BCUT2D eigenvalue weighted by atomic mass is 10.2. The minimum Gasteiger partial charge on any atom is -0.297 e. The summed E-state index contributed by atoms with van der Waals surface area (Å²) in [6.45, 7) is 2.02. The Morgan fingerprint density at radius 1 is 1.47 bits per heavy atom. The molecule has 76 valence electrons. The quantitative estimate of drug-likeness (QED) is 0.786. The van der Waals surface area contributed by atoms with Gasteiger partial charge in [0, 0.05) is 10.7 Å². The Bertz CT molecular complexity index is 507. The first kappa shape index (κ1) is 10.5. The molecular weight excluding hydrogens is 274 g/mol. The predicted molar refractivity (Wildman–Crippen MR) is 65.4 cm³/mol. The minimum absolute atomic E-state index is 0.729. The molecule has 2 rings (SSSR count). The average molecular weight is 282 g/mol. The Kier molecular flexibility index (Phi) is 2.98. The summed E-state index contributed by atoms with van der Waals surface area (Å²) >= 11 is 4.86. The van der Waals surface area contributed by atoms with E-state index in [1.807, 2.05) is 25.1 Å². The number of carbonyl (C=O) groups excluding carboxylic acids is 1. The van der Waals surface area contributed by atoms with Crippen LogP contribution in [0.5, 0.6) is 0 Å². The van der Waals surface area contributed by atoms with Gasteiger partial charge >= 0.3 is 0 Å². The molecule has 0 fully saturated rings. The van der Waals surface area contributed by atoms with Crippen LogP contribution in [0.2, 0.25) is 0 Å². The Morgan fingerprint density at radius 2 is 2.27 bits per heavy atom. The monoisotopic (exact) mass is 281 g/mol. The van der Waals surface area contributed by atoms with Crippen LogP contribution in [-0.2, 0) is 0 Å². The molecule has 0 unspecified atom stereocenters. The van der Waals surface area contributed by atoms with E-state index in [1.54, 1.807) is 6.20 Å². The summed E-state index contributed by atoms with van der Waals surface area (Å²) in [6.07, 6.45) is 2.64. The molecule has 15 heavy (non-hydrogen) atoms.